The Morgan fingerprint density at radius 1 is 0.593 bits per heavy atom. The largest absolute Gasteiger partial charge is 0.505 e. The highest BCUT2D eigenvalue weighted by atomic mass is 32.2. The Kier molecular flexibility index (Phi) is 19.0. The second-order valence-electron chi connectivity index (χ2n) is 15.5. The molecule has 0 saturated carbocycles. The molecule has 0 spiro atoms. The minimum atomic E-state index is -5.28. The van der Waals surface area contributed by atoms with Crippen molar-refractivity contribution in [3.8, 4) is 17.2 Å². The molecule has 0 aliphatic carbocycles. The van der Waals surface area contributed by atoms with Gasteiger partial charge in [-0.3, -0.25) is 28.1 Å². The first-order valence-electron chi connectivity index (χ1n) is 21.4. The average molecular weight is 1240 g/mol. The van der Waals surface area contributed by atoms with Crippen molar-refractivity contribution in [2.45, 2.75) is 24.5 Å². The normalized spacial score (nSPS) is 12.6. The Labute approximate surface area is 462 Å². The number of hydrogen-bond acceptors (Lipinski definition) is 31. The van der Waals surface area contributed by atoms with E-state index in [2.05, 4.69) is 64.4 Å². The summed E-state index contributed by atoms with van der Waals surface area (Å²) in [6, 6.07) is 21.3. The van der Waals surface area contributed by atoms with Gasteiger partial charge in [0.15, 0.2) is 39.3 Å². The van der Waals surface area contributed by atoms with Crippen LogP contribution in [0, 0.1) is 10.1 Å². The molecule has 0 saturated heterocycles. The number of hydrogen-bond donors (Lipinski definition) is 9. The van der Waals surface area contributed by atoms with Gasteiger partial charge < -0.3 is 21.1 Å². The zero-order valence-corrected chi connectivity index (χ0v) is 44.6. The van der Waals surface area contributed by atoms with Crippen LogP contribution in [0.3, 0.4) is 0 Å². The second-order valence-corrected chi connectivity index (χ2v) is 23.3. The number of phenolic OH excluding ortho intramolecular Hbond substituents is 3. The topological polar surface area (TPSA) is 504 Å². The van der Waals surface area contributed by atoms with Gasteiger partial charge >= 0.3 is 0 Å². The van der Waals surface area contributed by atoms with Crippen LogP contribution in [-0.2, 0) is 63.0 Å². The fourth-order valence-electron chi connectivity index (χ4n) is 6.64. The third-order valence-electron chi connectivity index (χ3n) is 10.4. The van der Waals surface area contributed by atoms with Gasteiger partial charge in [-0.2, -0.15) is 32.2 Å². The molecule has 0 aliphatic heterocycles. The number of nitro groups is 1. The SMILES string of the molecule is Nc1c(/N=N/c2ccc(S(=O)(=O)Nc3ccc(/N=N/c4c(O)ccc(N=Nc5ccc([N+](=O)[O-])cc5)c4O)cc3)cc2)c(S(=O)(=O)O)cc2cc(SOOO)c(/N=N/c3ccc(S(=O)(=O)CCOSOOO)cc3S(=O)(=O)O)c(O)c12. The van der Waals surface area contributed by atoms with Gasteiger partial charge in [-0.05, 0) is 109 Å². The van der Waals surface area contributed by atoms with Crippen molar-refractivity contribution < 1.29 is 96.5 Å². The summed E-state index contributed by atoms with van der Waals surface area (Å²) >= 11 is 0.193. The van der Waals surface area contributed by atoms with Gasteiger partial charge in [-0.25, -0.2) is 27.4 Å². The van der Waals surface area contributed by atoms with E-state index in [-0.39, 0.29) is 79.4 Å². The Morgan fingerprint density at radius 3 is 1.74 bits per heavy atom. The summed E-state index contributed by atoms with van der Waals surface area (Å²) in [4.78, 5) is 6.91. The number of benzene rings is 7. The minimum Gasteiger partial charge on any atom is -0.505 e. The number of aromatic hydroxyl groups is 3. The third-order valence-corrected chi connectivity index (χ3v) is 16.2. The highest BCUT2D eigenvalue weighted by molar-refractivity contribution is 7.94. The lowest BCUT2D eigenvalue weighted by Gasteiger charge is -2.14. The van der Waals surface area contributed by atoms with Crippen molar-refractivity contribution in [2.75, 3.05) is 22.8 Å². The van der Waals surface area contributed by atoms with Crippen molar-refractivity contribution >= 4 is 138 Å². The van der Waals surface area contributed by atoms with Crippen LogP contribution >= 0.6 is 24.4 Å². The van der Waals surface area contributed by atoms with Crippen LogP contribution in [0.15, 0.2) is 181 Å². The number of nitrogens with zero attached hydrogens (tertiary/aromatic N) is 9. The smallest absolute Gasteiger partial charge is 0.296 e. The maximum absolute atomic E-state index is 13.4. The number of fused-ring (bicyclic) bond motifs is 1. The van der Waals surface area contributed by atoms with Gasteiger partial charge in [0.25, 0.3) is 35.9 Å². The molecule has 424 valence electrons. The predicted molar refractivity (Wildman–Crippen MR) is 280 cm³/mol. The monoisotopic (exact) mass is 1240 g/mol. The van der Waals surface area contributed by atoms with Gasteiger partial charge in [-0.1, -0.05) is 10.1 Å². The van der Waals surface area contributed by atoms with Crippen LogP contribution in [-0.4, -0.2) is 85.9 Å². The molecule has 0 fully saturated rings. The molecule has 0 aliphatic rings. The highest BCUT2D eigenvalue weighted by Gasteiger charge is 2.27. The molecule has 0 heterocycles. The van der Waals surface area contributed by atoms with Crippen LogP contribution in [0.5, 0.6) is 17.2 Å². The average Bonchev–Trinajstić information content (AvgIpc) is 3.59. The van der Waals surface area contributed by atoms with Crippen LogP contribution in [0.25, 0.3) is 10.8 Å². The first kappa shape index (κ1) is 60.4. The molecule has 7 aromatic rings. The first-order chi connectivity index (χ1) is 38.3. The van der Waals surface area contributed by atoms with Crippen LogP contribution < -0.4 is 10.5 Å². The summed E-state index contributed by atoms with van der Waals surface area (Å²) in [5.41, 5.74) is 3.10. The molecule has 33 nitrogen and oxygen atoms in total. The molecule has 0 amide bonds. The molecule has 0 atom stereocenters. The number of azo groups is 4. The number of sulfonamides is 1. The van der Waals surface area contributed by atoms with Gasteiger partial charge in [0.2, 0.25) is 0 Å². The Hall–Kier alpha value is -8.26. The quantitative estimate of drug-likeness (QED) is 0.00397. The molecule has 39 heteroatoms. The Balaban J connectivity index is 1.11. The molecule has 0 bridgehead atoms. The van der Waals surface area contributed by atoms with E-state index in [1.807, 2.05) is 0 Å². The molecule has 7 rings (SSSR count). The van der Waals surface area contributed by atoms with Crippen LogP contribution in [0.4, 0.5) is 62.6 Å². The number of nitro benzene ring substituents is 1. The number of phenols is 3. The first-order valence-corrected chi connectivity index (χ1v) is 28.8. The summed E-state index contributed by atoms with van der Waals surface area (Å²) in [6.07, 6.45) is 0. The van der Waals surface area contributed by atoms with Crippen LogP contribution in [0.2, 0.25) is 0 Å². The second kappa shape index (κ2) is 25.5. The van der Waals surface area contributed by atoms with Crippen molar-refractivity contribution in [1.82, 2.24) is 0 Å². The molecule has 0 aromatic heterocycles. The fraction of sp³-hybridized carbons (Fsp3) is 0.0476. The van der Waals surface area contributed by atoms with E-state index in [1.54, 1.807) is 0 Å². The maximum atomic E-state index is 13.4. The number of non-ortho nitro benzene ring substituents is 1. The Bertz CT molecular complexity index is 4140. The number of nitrogen functional groups attached to an aromatic ring is 1. The van der Waals surface area contributed by atoms with E-state index in [4.69, 9.17) is 20.4 Å². The minimum absolute atomic E-state index is 0.0432. The van der Waals surface area contributed by atoms with Crippen molar-refractivity contribution in [2.24, 2.45) is 40.9 Å². The summed E-state index contributed by atoms with van der Waals surface area (Å²) in [5.74, 6) is -2.83. The van der Waals surface area contributed by atoms with Crippen molar-refractivity contribution in [3.63, 3.8) is 0 Å². The standard InChI is InChI=1S/C42H33N11O22S6/c43-37-36-22(19-33(76-74-72-59)39(42(36)56)50-47-30-14-13-29(21-34(30)80(65,66)67)78(61,62)18-17-71-77-75-73-60)20-35(81(68,69)70)40(37)51-46-25-7-11-28(12-8-25)79(63,64)52-26-3-1-23(2-4-26)45-49-38-32(54)16-15-31(41(38)55)48-44-24-5-9-27(10-6-24)53(57)58/h1-16,19-21,52,54-56,59-60H,17-18,43H2,(H,65,66,67)(H,68,69,70)/b48-44?,49-45+,50-47+,51-46+. The van der Waals surface area contributed by atoms with E-state index >= 15 is 0 Å². The van der Waals surface area contributed by atoms with Gasteiger partial charge in [-0.15, -0.1) is 34.2 Å². The maximum Gasteiger partial charge on any atom is 0.296 e. The lowest BCUT2D eigenvalue weighted by atomic mass is 10.1. The van der Waals surface area contributed by atoms with Crippen molar-refractivity contribution in [1.29, 1.82) is 0 Å². The number of sulfone groups is 1. The summed E-state index contributed by atoms with van der Waals surface area (Å²) in [5, 5.41) is 97.8. The molecule has 10 N–H and O–H groups in total. The number of nitrogens with one attached hydrogen (secondary N) is 1. The summed E-state index contributed by atoms with van der Waals surface area (Å²) in [7, 11) is -19.2. The van der Waals surface area contributed by atoms with Crippen LogP contribution in [0.1, 0.15) is 0 Å². The number of nitrogens with two attached hydrogens (primary N) is 1. The molecule has 0 unspecified atom stereocenters. The molecular weight excluding hydrogens is 1200 g/mol. The lowest BCUT2D eigenvalue weighted by molar-refractivity contribution is -0.434. The summed E-state index contributed by atoms with van der Waals surface area (Å²) < 4.78 is 139. The van der Waals surface area contributed by atoms with E-state index in [0.717, 1.165) is 54.6 Å². The summed E-state index contributed by atoms with van der Waals surface area (Å²) in [6.45, 7) is -0.563. The third kappa shape index (κ3) is 15.0. The number of rotatable bonds is 24. The zero-order chi connectivity index (χ0) is 58.9. The van der Waals surface area contributed by atoms with Crippen molar-refractivity contribution in [3.05, 3.63) is 125 Å². The van der Waals surface area contributed by atoms with E-state index in [1.165, 1.54) is 54.6 Å². The lowest BCUT2D eigenvalue weighted by Crippen LogP contribution is -2.12. The Morgan fingerprint density at radius 2 is 1.14 bits per heavy atom. The number of anilines is 2. The molecule has 0 radical (unpaired) electrons. The highest BCUT2D eigenvalue weighted by Crippen LogP contribution is 2.50. The fourth-order valence-corrected chi connectivity index (χ4v) is 11.0. The van der Waals surface area contributed by atoms with Gasteiger partial charge in [0.1, 0.15) is 38.3 Å². The molecule has 7 aromatic carbocycles. The van der Waals surface area contributed by atoms with E-state index in [0.29, 0.717) is 6.07 Å². The zero-order valence-electron chi connectivity index (χ0n) is 39.7. The molecule has 81 heavy (non-hydrogen) atoms. The van der Waals surface area contributed by atoms with Gasteiger partial charge in [0.05, 0.1) is 72.1 Å². The van der Waals surface area contributed by atoms with Gasteiger partial charge in [0, 0.05) is 17.8 Å². The molecular formula is C42H33N11O22S6. The van der Waals surface area contributed by atoms with E-state index in [9.17, 15) is 68.2 Å². The predicted octanol–water partition coefficient (Wildman–Crippen LogP) is 10.6. The van der Waals surface area contributed by atoms with E-state index < -0.39 is 117 Å².